The molecule has 2 aromatic carbocycles. The van der Waals surface area contributed by atoms with Gasteiger partial charge in [-0.2, -0.15) is 0 Å². The Balaban J connectivity index is 1.39. The van der Waals surface area contributed by atoms with Crippen LogP contribution in [0.25, 0.3) is 0 Å². The lowest BCUT2D eigenvalue weighted by Gasteiger charge is -2.32. The van der Waals surface area contributed by atoms with Gasteiger partial charge in [0.05, 0.1) is 6.61 Å². The Morgan fingerprint density at radius 3 is 2.70 bits per heavy atom. The summed E-state index contributed by atoms with van der Waals surface area (Å²) < 4.78 is 12.2. The van der Waals surface area contributed by atoms with Crippen molar-refractivity contribution in [3.63, 3.8) is 0 Å². The summed E-state index contributed by atoms with van der Waals surface area (Å²) in [5, 5.41) is 0. The summed E-state index contributed by atoms with van der Waals surface area (Å²) in [6, 6.07) is 15.0. The first-order valence-electron chi connectivity index (χ1n) is 11.2. The van der Waals surface area contributed by atoms with E-state index in [1.165, 1.54) is 0 Å². The summed E-state index contributed by atoms with van der Waals surface area (Å²) in [5.74, 6) is 0.180. The zero-order valence-corrected chi connectivity index (χ0v) is 19.9. The number of fused-ring (bicyclic) bond motifs is 2. The standard InChI is InChI=1S/C25H25BrN2O5/c1-16(18-7-8-18)27(14-17-5-3-2-4-6-17)22(29)15-28-23(30)25(33-24(28)31)11-12-32-21-13-19(26)9-10-20(21)25/h2-6,9-10,13,16,18H,7-8,11-12,14-15H2,1H3/t16-,25?/m0/s1. The van der Waals surface area contributed by atoms with Crippen LogP contribution in [0.5, 0.6) is 5.75 Å². The van der Waals surface area contributed by atoms with Crippen molar-refractivity contribution >= 4 is 33.8 Å². The normalized spacial score (nSPS) is 22.5. The predicted molar refractivity (Wildman–Crippen MR) is 123 cm³/mol. The van der Waals surface area contributed by atoms with Crippen molar-refractivity contribution in [3.8, 4) is 5.75 Å². The molecule has 1 saturated carbocycles. The Bertz CT molecular complexity index is 1100. The molecule has 5 rings (SSSR count). The maximum absolute atomic E-state index is 13.5. The molecule has 3 amide bonds. The zero-order chi connectivity index (χ0) is 23.2. The Labute approximate surface area is 200 Å². The van der Waals surface area contributed by atoms with Crippen LogP contribution in [0.2, 0.25) is 0 Å². The maximum Gasteiger partial charge on any atom is 0.418 e. The van der Waals surface area contributed by atoms with E-state index in [4.69, 9.17) is 9.47 Å². The minimum atomic E-state index is -1.45. The molecule has 0 N–H and O–H groups in total. The van der Waals surface area contributed by atoms with Crippen molar-refractivity contribution < 1.29 is 23.9 Å². The zero-order valence-electron chi connectivity index (χ0n) is 18.3. The average molecular weight is 513 g/mol. The highest BCUT2D eigenvalue weighted by atomic mass is 79.9. The van der Waals surface area contributed by atoms with Gasteiger partial charge in [0.1, 0.15) is 12.3 Å². The first-order valence-corrected chi connectivity index (χ1v) is 12.0. The number of carbonyl (C=O) groups excluding carboxylic acids is 3. The van der Waals surface area contributed by atoms with Gasteiger partial charge in [-0.3, -0.25) is 9.59 Å². The van der Waals surface area contributed by atoms with Crippen molar-refractivity contribution in [2.45, 2.75) is 44.4 Å². The molecule has 172 valence electrons. The van der Waals surface area contributed by atoms with E-state index in [1.54, 1.807) is 23.1 Å². The highest BCUT2D eigenvalue weighted by Crippen LogP contribution is 2.45. The predicted octanol–water partition coefficient (Wildman–Crippen LogP) is 4.23. The third kappa shape index (κ3) is 4.01. The molecular formula is C25H25BrN2O5. The first kappa shape index (κ1) is 21.9. The highest BCUT2D eigenvalue weighted by molar-refractivity contribution is 9.10. The van der Waals surface area contributed by atoms with Gasteiger partial charge in [-0.1, -0.05) is 46.3 Å². The molecular weight excluding hydrogens is 488 g/mol. The van der Waals surface area contributed by atoms with E-state index in [1.807, 2.05) is 37.3 Å². The smallest absolute Gasteiger partial charge is 0.418 e. The number of amides is 3. The molecule has 1 spiro atoms. The third-order valence-electron chi connectivity index (χ3n) is 6.77. The number of ether oxygens (including phenoxy) is 2. The second-order valence-corrected chi connectivity index (χ2v) is 9.83. The van der Waals surface area contributed by atoms with Crippen LogP contribution in [0.3, 0.4) is 0 Å². The number of hydrogen-bond donors (Lipinski definition) is 0. The summed E-state index contributed by atoms with van der Waals surface area (Å²) in [4.78, 5) is 42.5. The van der Waals surface area contributed by atoms with E-state index in [-0.39, 0.29) is 31.5 Å². The minimum absolute atomic E-state index is 0.0292. The average Bonchev–Trinajstić information content (AvgIpc) is 3.63. The monoisotopic (exact) mass is 512 g/mol. The summed E-state index contributed by atoms with van der Waals surface area (Å²) in [6.07, 6.45) is 1.59. The maximum atomic E-state index is 13.5. The van der Waals surface area contributed by atoms with E-state index in [0.29, 0.717) is 23.8 Å². The first-order chi connectivity index (χ1) is 15.9. The van der Waals surface area contributed by atoms with Gasteiger partial charge in [0.25, 0.3) is 5.91 Å². The van der Waals surface area contributed by atoms with Gasteiger partial charge in [-0.05, 0) is 49.4 Å². The Hall–Kier alpha value is -2.87. The van der Waals surface area contributed by atoms with Crippen LogP contribution >= 0.6 is 15.9 Å². The number of halogens is 1. The number of hydrogen-bond acceptors (Lipinski definition) is 5. The summed E-state index contributed by atoms with van der Waals surface area (Å²) in [7, 11) is 0. The fraction of sp³-hybridized carbons (Fsp3) is 0.400. The molecule has 0 radical (unpaired) electrons. The molecule has 0 aromatic heterocycles. The second kappa shape index (κ2) is 8.48. The number of carbonyl (C=O) groups is 3. The SMILES string of the molecule is C[C@@H](C1CC1)N(Cc1ccccc1)C(=O)CN1C(=O)OC2(CCOc3cc(Br)ccc32)C1=O. The van der Waals surface area contributed by atoms with E-state index >= 15 is 0 Å². The van der Waals surface area contributed by atoms with Crippen molar-refractivity contribution in [1.29, 1.82) is 0 Å². The second-order valence-electron chi connectivity index (χ2n) is 8.91. The largest absolute Gasteiger partial charge is 0.493 e. The molecule has 1 saturated heterocycles. The van der Waals surface area contributed by atoms with Crippen LogP contribution in [-0.2, 0) is 26.5 Å². The molecule has 0 bridgehead atoms. The highest BCUT2D eigenvalue weighted by Gasteiger charge is 2.58. The van der Waals surface area contributed by atoms with Gasteiger partial charge in [-0.25, -0.2) is 9.69 Å². The number of nitrogens with zero attached hydrogens (tertiary/aromatic N) is 2. The lowest BCUT2D eigenvalue weighted by atomic mass is 9.87. The molecule has 2 fully saturated rings. The summed E-state index contributed by atoms with van der Waals surface area (Å²) in [5.41, 5.74) is 0.0738. The molecule has 2 aromatic rings. The molecule has 8 heteroatoms. The van der Waals surface area contributed by atoms with Crippen LogP contribution in [-0.4, -0.2) is 46.9 Å². The Morgan fingerprint density at radius 2 is 1.97 bits per heavy atom. The van der Waals surface area contributed by atoms with E-state index in [0.717, 1.165) is 27.8 Å². The van der Waals surface area contributed by atoms with Gasteiger partial charge in [0.2, 0.25) is 11.5 Å². The molecule has 7 nitrogen and oxygen atoms in total. The van der Waals surface area contributed by atoms with Gasteiger partial charge in [-0.15, -0.1) is 0 Å². The van der Waals surface area contributed by atoms with Crippen molar-refractivity contribution in [2.24, 2.45) is 5.92 Å². The fourth-order valence-electron chi connectivity index (χ4n) is 4.70. The molecule has 1 aliphatic carbocycles. The molecule has 2 aliphatic heterocycles. The van der Waals surface area contributed by atoms with Crippen LogP contribution in [0.1, 0.15) is 37.3 Å². The third-order valence-corrected chi connectivity index (χ3v) is 7.26. The molecule has 33 heavy (non-hydrogen) atoms. The fourth-order valence-corrected chi connectivity index (χ4v) is 5.04. The lowest BCUT2D eigenvalue weighted by Crippen LogP contribution is -2.48. The van der Waals surface area contributed by atoms with Crippen LogP contribution in [0, 0.1) is 5.92 Å². The molecule has 2 atom stereocenters. The lowest BCUT2D eigenvalue weighted by molar-refractivity contribution is -0.144. The molecule has 1 unspecified atom stereocenters. The van der Waals surface area contributed by atoms with Gasteiger partial charge in [0, 0.05) is 29.0 Å². The van der Waals surface area contributed by atoms with Gasteiger partial charge >= 0.3 is 6.09 Å². The minimum Gasteiger partial charge on any atom is -0.493 e. The topological polar surface area (TPSA) is 76.2 Å². The van der Waals surface area contributed by atoms with Crippen molar-refractivity contribution in [1.82, 2.24) is 9.80 Å². The van der Waals surface area contributed by atoms with Gasteiger partial charge < -0.3 is 14.4 Å². The van der Waals surface area contributed by atoms with Crippen LogP contribution in [0.4, 0.5) is 4.79 Å². The van der Waals surface area contributed by atoms with E-state index < -0.39 is 17.6 Å². The van der Waals surface area contributed by atoms with E-state index in [9.17, 15) is 14.4 Å². The quantitative estimate of drug-likeness (QED) is 0.578. The van der Waals surface area contributed by atoms with Crippen LogP contribution < -0.4 is 4.74 Å². The molecule has 3 aliphatic rings. The van der Waals surface area contributed by atoms with Crippen molar-refractivity contribution in [3.05, 3.63) is 64.1 Å². The number of rotatable bonds is 6. The van der Waals surface area contributed by atoms with Crippen molar-refractivity contribution in [2.75, 3.05) is 13.2 Å². The number of benzene rings is 2. The number of imide groups is 1. The van der Waals surface area contributed by atoms with E-state index in [2.05, 4.69) is 15.9 Å². The molecule has 2 heterocycles. The van der Waals surface area contributed by atoms with Crippen LogP contribution in [0.15, 0.2) is 53.0 Å². The Kier molecular flexibility index (Phi) is 5.64. The summed E-state index contributed by atoms with van der Waals surface area (Å²) >= 11 is 3.40. The Morgan fingerprint density at radius 1 is 1.21 bits per heavy atom. The van der Waals surface area contributed by atoms with Gasteiger partial charge in [0.15, 0.2) is 0 Å². The summed E-state index contributed by atoms with van der Waals surface area (Å²) in [6.45, 7) is 2.38.